The lowest BCUT2D eigenvalue weighted by molar-refractivity contribution is 0.242. The molecule has 3 heteroatoms. The van der Waals surface area contributed by atoms with E-state index in [1.165, 1.54) is 5.56 Å². The largest absolute Gasteiger partial charge is 0.395 e. The van der Waals surface area contributed by atoms with E-state index < -0.39 is 0 Å². The second-order valence-corrected chi connectivity index (χ2v) is 3.51. The Kier molecular flexibility index (Phi) is 8.91. The predicted octanol–water partition coefficient (Wildman–Crippen LogP) is 2.48. The third kappa shape index (κ3) is 5.91. The zero-order chi connectivity index (χ0) is 10.9. The van der Waals surface area contributed by atoms with Crippen molar-refractivity contribution in [2.45, 2.75) is 19.4 Å². The number of halogens is 1. The molecular formula is C13H20ClNO. The maximum absolute atomic E-state index is 8.96. The van der Waals surface area contributed by atoms with Gasteiger partial charge in [0.2, 0.25) is 0 Å². The van der Waals surface area contributed by atoms with Crippen LogP contribution in [0.3, 0.4) is 0 Å². The highest BCUT2D eigenvalue weighted by Crippen LogP contribution is 2.00. The van der Waals surface area contributed by atoms with Gasteiger partial charge in [0.05, 0.1) is 6.61 Å². The SMILES string of the molecule is CCC(CO)NC/C=C/c1ccccc1.Cl. The molecule has 0 aliphatic heterocycles. The molecule has 90 valence electrons. The van der Waals surface area contributed by atoms with Crippen LogP contribution >= 0.6 is 12.4 Å². The average molecular weight is 242 g/mol. The minimum absolute atomic E-state index is 0. The summed E-state index contributed by atoms with van der Waals surface area (Å²) >= 11 is 0. The topological polar surface area (TPSA) is 32.3 Å². The van der Waals surface area contributed by atoms with Crippen molar-refractivity contribution < 1.29 is 5.11 Å². The number of aliphatic hydroxyl groups is 1. The van der Waals surface area contributed by atoms with E-state index in [0.717, 1.165) is 13.0 Å². The molecule has 1 aromatic rings. The molecular weight excluding hydrogens is 222 g/mol. The van der Waals surface area contributed by atoms with Gasteiger partial charge in [0.15, 0.2) is 0 Å². The second kappa shape index (κ2) is 9.40. The van der Waals surface area contributed by atoms with E-state index in [0.29, 0.717) is 0 Å². The van der Waals surface area contributed by atoms with Crippen molar-refractivity contribution in [2.24, 2.45) is 0 Å². The lowest BCUT2D eigenvalue weighted by Crippen LogP contribution is -2.31. The Labute approximate surface area is 104 Å². The highest BCUT2D eigenvalue weighted by molar-refractivity contribution is 5.85. The molecule has 16 heavy (non-hydrogen) atoms. The van der Waals surface area contributed by atoms with Gasteiger partial charge in [-0.2, -0.15) is 0 Å². The zero-order valence-corrected chi connectivity index (χ0v) is 10.4. The Morgan fingerprint density at radius 1 is 1.31 bits per heavy atom. The van der Waals surface area contributed by atoms with Gasteiger partial charge >= 0.3 is 0 Å². The van der Waals surface area contributed by atoms with Crippen LogP contribution in [0.2, 0.25) is 0 Å². The smallest absolute Gasteiger partial charge is 0.0584 e. The average Bonchev–Trinajstić information content (AvgIpc) is 2.31. The van der Waals surface area contributed by atoms with Gasteiger partial charge in [-0.25, -0.2) is 0 Å². The molecule has 0 saturated heterocycles. The molecule has 0 radical (unpaired) electrons. The van der Waals surface area contributed by atoms with E-state index in [1.54, 1.807) is 0 Å². The fourth-order valence-electron chi connectivity index (χ4n) is 1.33. The van der Waals surface area contributed by atoms with Crippen LogP contribution < -0.4 is 5.32 Å². The van der Waals surface area contributed by atoms with Crippen LogP contribution in [0.4, 0.5) is 0 Å². The standard InChI is InChI=1S/C13H19NO.ClH/c1-2-13(11-15)14-10-6-9-12-7-4-3-5-8-12;/h3-9,13-15H,2,10-11H2,1H3;1H/b9-6+;. The third-order valence-corrected chi connectivity index (χ3v) is 2.35. The van der Waals surface area contributed by atoms with Crippen molar-refractivity contribution in [3.63, 3.8) is 0 Å². The van der Waals surface area contributed by atoms with Gasteiger partial charge in [0.25, 0.3) is 0 Å². The maximum Gasteiger partial charge on any atom is 0.0584 e. The number of rotatable bonds is 6. The van der Waals surface area contributed by atoms with E-state index in [4.69, 9.17) is 5.11 Å². The first-order valence-electron chi connectivity index (χ1n) is 5.42. The van der Waals surface area contributed by atoms with Gasteiger partial charge in [0.1, 0.15) is 0 Å². The first kappa shape index (κ1) is 15.2. The lowest BCUT2D eigenvalue weighted by Gasteiger charge is -2.11. The summed E-state index contributed by atoms with van der Waals surface area (Å²) in [6.07, 6.45) is 5.11. The van der Waals surface area contributed by atoms with Crippen molar-refractivity contribution in [2.75, 3.05) is 13.2 Å². The summed E-state index contributed by atoms with van der Waals surface area (Å²) < 4.78 is 0. The number of hydrogen-bond acceptors (Lipinski definition) is 2. The fraction of sp³-hybridized carbons (Fsp3) is 0.385. The zero-order valence-electron chi connectivity index (χ0n) is 9.60. The number of nitrogens with one attached hydrogen (secondary N) is 1. The quantitative estimate of drug-likeness (QED) is 0.802. The van der Waals surface area contributed by atoms with Gasteiger partial charge in [-0.05, 0) is 12.0 Å². The Hall–Kier alpha value is -0.830. The highest BCUT2D eigenvalue weighted by Gasteiger charge is 1.99. The molecule has 2 nitrogen and oxygen atoms in total. The number of hydrogen-bond donors (Lipinski definition) is 2. The number of aliphatic hydroxyl groups excluding tert-OH is 1. The summed E-state index contributed by atoms with van der Waals surface area (Å²) in [5.74, 6) is 0. The summed E-state index contributed by atoms with van der Waals surface area (Å²) in [7, 11) is 0. The normalized spacial score (nSPS) is 12.4. The molecule has 0 spiro atoms. The van der Waals surface area contributed by atoms with Gasteiger partial charge in [-0.1, -0.05) is 49.4 Å². The monoisotopic (exact) mass is 241 g/mol. The van der Waals surface area contributed by atoms with Crippen LogP contribution in [0, 0.1) is 0 Å². The molecule has 0 saturated carbocycles. The summed E-state index contributed by atoms with van der Waals surface area (Å²) in [6.45, 7) is 3.07. The number of benzene rings is 1. The van der Waals surface area contributed by atoms with E-state index in [9.17, 15) is 0 Å². The minimum atomic E-state index is 0. The van der Waals surface area contributed by atoms with Crippen LogP contribution in [0.5, 0.6) is 0 Å². The van der Waals surface area contributed by atoms with Gasteiger partial charge in [-0.3, -0.25) is 0 Å². The van der Waals surface area contributed by atoms with Crippen molar-refractivity contribution in [3.8, 4) is 0 Å². The first-order chi connectivity index (χ1) is 7.36. The van der Waals surface area contributed by atoms with Crippen LogP contribution in [0.25, 0.3) is 6.08 Å². The molecule has 2 N–H and O–H groups in total. The van der Waals surface area contributed by atoms with Crippen LogP contribution in [-0.2, 0) is 0 Å². The van der Waals surface area contributed by atoms with E-state index >= 15 is 0 Å². The molecule has 0 amide bonds. The third-order valence-electron chi connectivity index (χ3n) is 2.35. The summed E-state index contributed by atoms with van der Waals surface area (Å²) in [6, 6.07) is 10.4. The minimum Gasteiger partial charge on any atom is -0.395 e. The summed E-state index contributed by atoms with van der Waals surface area (Å²) in [4.78, 5) is 0. The van der Waals surface area contributed by atoms with E-state index in [2.05, 4.69) is 36.5 Å². The molecule has 0 aliphatic carbocycles. The fourth-order valence-corrected chi connectivity index (χ4v) is 1.33. The maximum atomic E-state index is 8.96. The molecule has 1 rings (SSSR count). The van der Waals surface area contributed by atoms with Crippen molar-refractivity contribution in [1.82, 2.24) is 5.32 Å². The molecule has 1 atom stereocenters. The van der Waals surface area contributed by atoms with Crippen molar-refractivity contribution in [3.05, 3.63) is 42.0 Å². The van der Waals surface area contributed by atoms with Crippen molar-refractivity contribution >= 4 is 18.5 Å². The van der Waals surface area contributed by atoms with Gasteiger partial charge in [0, 0.05) is 12.6 Å². The molecule has 1 aromatic carbocycles. The van der Waals surface area contributed by atoms with Gasteiger partial charge < -0.3 is 10.4 Å². The van der Waals surface area contributed by atoms with E-state index in [-0.39, 0.29) is 25.1 Å². The lowest BCUT2D eigenvalue weighted by atomic mass is 10.2. The Balaban J connectivity index is 0.00000225. The molecule has 0 aliphatic rings. The summed E-state index contributed by atoms with van der Waals surface area (Å²) in [5, 5.41) is 12.2. The molecule has 1 unspecified atom stereocenters. The van der Waals surface area contributed by atoms with Crippen LogP contribution in [0.1, 0.15) is 18.9 Å². The Bertz CT molecular complexity index is 283. The summed E-state index contributed by atoms with van der Waals surface area (Å²) in [5.41, 5.74) is 1.20. The van der Waals surface area contributed by atoms with Gasteiger partial charge in [-0.15, -0.1) is 12.4 Å². The predicted molar refractivity (Wildman–Crippen MR) is 71.9 cm³/mol. The molecule has 0 fully saturated rings. The molecule has 0 aromatic heterocycles. The Morgan fingerprint density at radius 2 is 2.00 bits per heavy atom. The molecule has 0 bridgehead atoms. The highest BCUT2D eigenvalue weighted by atomic mass is 35.5. The Morgan fingerprint density at radius 3 is 2.56 bits per heavy atom. The second-order valence-electron chi connectivity index (χ2n) is 3.51. The van der Waals surface area contributed by atoms with Crippen molar-refractivity contribution in [1.29, 1.82) is 0 Å². The molecule has 0 heterocycles. The van der Waals surface area contributed by atoms with Crippen LogP contribution in [0.15, 0.2) is 36.4 Å². The first-order valence-corrected chi connectivity index (χ1v) is 5.42. The van der Waals surface area contributed by atoms with Crippen LogP contribution in [-0.4, -0.2) is 24.3 Å². The van der Waals surface area contributed by atoms with E-state index in [1.807, 2.05) is 18.2 Å².